The lowest BCUT2D eigenvalue weighted by molar-refractivity contribution is -0.0236. The predicted octanol–water partition coefficient (Wildman–Crippen LogP) is 1.27. The van der Waals surface area contributed by atoms with E-state index in [1.165, 1.54) is 6.07 Å². The highest BCUT2D eigenvalue weighted by molar-refractivity contribution is 5.80. The predicted molar refractivity (Wildman–Crippen MR) is 92.7 cm³/mol. The van der Waals surface area contributed by atoms with Crippen molar-refractivity contribution in [3.8, 4) is 0 Å². The molecule has 0 spiro atoms. The summed E-state index contributed by atoms with van der Waals surface area (Å²) in [5.74, 6) is 0.838. The van der Waals surface area contributed by atoms with E-state index in [1.807, 2.05) is 11.8 Å². The van der Waals surface area contributed by atoms with E-state index in [0.717, 1.165) is 38.8 Å². The molecule has 1 aliphatic carbocycles. The molecule has 0 radical (unpaired) electrons. The highest BCUT2D eigenvalue weighted by Gasteiger charge is 2.34. The molecule has 1 atom stereocenters. The van der Waals surface area contributed by atoms with E-state index in [4.69, 9.17) is 0 Å². The molecule has 0 amide bonds. The first-order chi connectivity index (χ1) is 11.6. The molecule has 24 heavy (non-hydrogen) atoms. The summed E-state index contributed by atoms with van der Waals surface area (Å²) in [5, 5.41) is 16.8. The number of guanidine groups is 1. The first-order valence-electron chi connectivity index (χ1n) is 8.72. The molecule has 0 bridgehead atoms. The quantitative estimate of drug-likeness (QED) is 0.558. The molecule has 0 aromatic carbocycles. The van der Waals surface area contributed by atoms with Gasteiger partial charge in [0.2, 0.25) is 0 Å². The Labute approximate surface area is 142 Å². The fourth-order valence-corrected chi connectivity index (χ4v) is 3.16. The maximum atomic E-state index is 13.9. The SMILES string of the molecule is CCNC(=NCC1(O)CCC1)NC1CCN(c2ncccc2F)C1. The number of halogens is 1. The van der Waals surface area contributed by atoms with Gasteiger partial charge in [-0.3, -0.25) is 4.99 Å². The molecule has 132 valence electrons. The molecule has 3 rings (SSSR count). The summed E-state index contributed by atoms with van der Waals surface area (Å²) in [6, 6.07) is 3.22. The van der Waals surface area contributed by atoms with Gasteiger partial charge in [0, 0.05) is 31.9 Å². The van der Waals surface area contributed by atoms with Gasteiger partial charge in [0.05, 0.1) is 12.1 Å². The van der Waals surface area contributed by atoms with Crippen LogP contribution < -0.4 is 15.5 Å². The van der Waals surface area contributed by atoms with Crippen LogP contribution in [-0.2, 0) is 0 Å². The second-order valence-corrected chi connectivity index (χ2v) is 6.66. The van der Waals surface area contributed by atoms with Gasteiger partial charge in [-0.2, -0.15) is 0 Å². The Kier molecular flexibility index (Phi) is 5.18. The molecule has 7 heteroatoms. The van der Waals surface area contributed by atoms with Crippen LogP contribution >= 0.6 is 0 Å². The molecule has 1 aromatic heterocycles. The Morgan fingerprint density at radius 3 is 3.04 bits per heavy atom. The van der Waals surface area contributed by atoms with Gasteiger partial charge in [-0.15, -0.1) is 0 Å². The van der Waals surface area contributed by atoms with Crippen LogP contribution in [0.25, 0.3) is 0 Å². The molecule has 2 heterocycles. The number of rotatable bonds is 5. The lowest BCUT2D eigenvalue weighted by Crippen LogP contribution is -2.46. The third kappa shape index (κ3) is 3.95. The molecular weight excluding hydrogens is 309 g/mol. The Bertz CT molecular complexity index is 590. The number of aliphatic imine (C=N–C) groups is 1. The third-order valence-corrected chi connectivity index (χ3v) is 4.73. The molecule has 2 fully saturated rings. The van der Waals surface area contributed by atoms with Crippen molar-refractivity contribution in [1.29, 1.82) is 0 Å². The number of nitrogens with zero attached hydrogens (tertiary/aromatic N) is 3. The van der Waals surface area contributed by atoms with Crippen molar-refractivity contribution in [2.45, 2.75) is 44.2 Å². The van der Waals surface area contributed by atoms with Gasteiger partial charge >= 0.3 is 0 Å². The summed E-state index contributed by atoms with van der Waals surface area (Å²) in [6.45, 7) is 4.64. The smallest absolute Gasteiger partial charge is 0.191 e. The van der Waals surface area contributed by atoms with Crippen LogP contribution in [0.1, 0.15) is 32.6 Å². The topological polar surface area (TPSA) is 72.8 Å². The van der Waals surface area contributed by atoms with E-state index >= 15 is 0 Å². The molecule has 2 aliphatic rings. The van der Waals surface area contributed by atoms with E-state index in [0.29, 0.717) is 24.9 Å². The number of hydrogen-bond acceptors (Lipinski definition) is 4. The van der Waals surface area contributed by atoms with Crippen LogP contribution in [0, 0.1) is 5.82 Å². The number of anilines is 1. The lowest BCUT2D eigenvalue weighted by atomic mass is 9.80. The van der Waals surface area contributed by atoms with Crippen LogP contribution in [-0.4, -0.2) is 53.9 Å². The normalized spacial score (nSPS) is 23.0. The third-order valence-electron chi connectivity index (χ3n) is 4.73. The molecule has 1 aromatic rings. The van der Waals surface area contributed by atoms with E-state index in [9.17, 15) is 9.50 Å². The van der Waals surface area contributed by atoms with Crippen molar-refractivity contribution in [3.63, 3.8) is 0 Å². The fourth-order valence-electron chi connectivity index (χ4n) is 3.16. The number of nitrogens with one attached hydrogen (secondary N) is 2. The van der Waals surface area contributed by atoms with Crippen LogP contribution in [0.5, 0.6) is 0 Å². The number of hydrogen-bond donors (Lipinski definition) is 3. The molecule has 1 saturated heterocycles. The summed E-state index contributed by atoms with van der Waals surface area (Å²) >= 11 is 0. The average Bonchev–Trinajstić information content (AvgIpc) is 3.00. The maximum absolute atomic E-state index is 13.9. The monoisotopic (exact) mass is 335 g/mol. The van der Waals surface area contributed by atoms with Crippen molar-refractivity contribution in [2.75, 3.05) is 31.1 Å². The number of pyridine rings is 1. The Morgan fingerprint density at radius 1 is 1.54 bits per heavy atom. The summed E-state index contributed by atoms with van der Waals surface area (Å²) in [4.78, 5) is 10.6. The fraction of sp³-hybridized carbons (Fsp3) is 0.647. The van der Waals surface area contributed by atoms with Gasteiger partial charge in [-0.1, -0.05) is 0 Å². The van der Waals surface area contributed by atoms with E-state index in [-0.39, 0.29) is 11.9 Å². The Hall–Kier alpha value is -1.89. The summed E-state index contributed by atoms with van der Waals surface area (Å²) < 4.78 is 13.9. The molecule has 6 nitrogen and oxygen atoms in total. The Balaban J connectivity index is 1.58. The highest BCUT2D eigenvalue weighted by Crippen LogP contribution is 2.31. The van der Waals surface area contributed by atoms with E-state index in [1.54, 1.807) is 12.3 Å². The molecule has 1 unspecified atom stereocenters. The standard InChI is InChI=1S/C17H26FN5O/c1-2-19-16(21-12-17(24)7-4-8-17)22-13-6-10-23(11-13)15-14(18)5-3-9-20-15/h3,5,9,13,24H,2,4,6-8,10-12H2,1H3,(H2,19,21,22). The number of aromatic nitrogens is 1. The minimum absolute atomic E-state index is 0.181. The zero-order chi connectivity index (χ0) is 17.0. The zero-order valence-corrected chi connectivity index (χ0v) is 14.1. The molecule has 1 saturated carbocycles. The van der Waals surface area contributed by atoms with Gasteiger partial charge in [-0.05, 0) is 44.7 Å². The van der Waals surface area contributed by atoms with Crippen LogP contribution in [0.4, 0.5) is 10.2 Å². The van der Waals surface area contributed by atoms with Crippen LogP contribution in [0.15, 0.2) is 23.3 Å². The first-order valence-corrected chi connectivity index (χ1v) is 8.72. The van der Waals surface area contributed by atoms with E-state index < -0.39 is 5.60 Å². The largest absolute Gasteiger partial charge is 0.388 e. The molecular formula is C17H26FN5O. The second-order valence-electron chi connectivity index (χ2n) is 6.66. The molecule has 3 N–H and O–H groups in total. The molecule has 1 aliphatic heterocycles. The van der Waals surface area contributed by atoms with Gasteiger partial charge in [-0.25, -0.2) is 9.37 Å². The Morgan fingerprint density at radius 2 is 2.38 bits per heavy atom. The van der Waals surface area contributed by atoms with Gasteiger partial charge in [0.1, 0.15) is 0 Å². The number of aliphatic hydroxyl groups is 1. The van der Waals surface area contributed by atoms with E-state index in [2.05, 4.69) is 20.6 Å². The second kappa shape index (κ2) is 7.34. The first kappa shape index (κ1) is 17.0. The maximum Gasteiger partial charge on any atom is 0.191 e. The summed E-state index contributed by atoms with van der Waals surface area (Å²) in [5.41, 5.74) is -0.624. The minimum atomic E-state index is -0.624. The average molecular weight is 335 g/mol. The highest BCUT2D eigenvalue weighted by atomic mass is 19.1. The minimum Gasteiger partial charge on any atom is -0.388 e. The van der Waals surface area contributed by atoms with Crippen molar-refractivity contribution < 1.29 is 9.50 Å². The van der Waals surface area contributed by atoms with Crippen LogP contribution in [0.3, 0.4) is 0 Å². The van der Waals surface area contributed by atoms with Crippen molar-refractivity contribution >= 4 is 11.8 Å². The lowest BCUT2D eigenvalue weighted by Gasteiger charge is -2.35. The summed E-state index contributed by atoms with van der Waals surface area (Å²) in [7, 11) is 0. The van der Waals surface area contributed by atoms with Gasteiger partial charge in [0.15, 0.2) is 17.6 Å². The van der Waals surface area contributed by atoms with Crippen molar-refractivity contribution in [3.05, 3.63) is 24.1 Å². The van der Waals surface area contributed by atoms with Crippen molar-refractivity contribution in [1.82, 2.24) is 15.6 Å². The zero-order valence-electron chi connectivity index (χ0n) is 14.1. The summed E-state index contributed by atoms with van der Waals surface area (Å²) in [6.07, 6.45) is 5.23. The van der Waals surface area contributed by atoms with Crippen LogP contribution in [0.2, 0.25) is 0 Å². The van der Waals surface area contributed by atoms with Gasteiger partial charge in [0.25, 0.3) is 0 Å². The van der Waals surface area contributed by atoms with Gasteiger partial charge < -0.3 is 20.6 Å². The van der Waals surface area contributed by atoms with Crippen molar-refractivity contribution in [2.24, 2.45) is 4.99 Å².